The Bertz CT molecular complexity index is 717. The standard InChI is InChI=1S/C14H18F3N7O/c1-21-11(8-12(20-21)14(15,16)17)13(25)23-5-2-22(3-6-23)4-7-24-10-18-9-19-24/h8-10H,2-7H2,1H3. The molecule has 2 aromatic rings. The van der Waals surface area contributed by atoms with Crippen LogP contribution in [0.4, 0.5) is 13.2 Å². The lowest BCUT2D eigenvalue weighted by molar-refractivity contribution is -0.141. The second kappa shape index (κ2) is 6.82. The van der Waals surface area contributed by atoms with Crippen molar-refractivity contribution in [2.24, 2.45) is 7.05 Å². The zero-order chi connectivity index (χ0) is 18.0. The second-order valence-corrected chi connectivity index (χ2v) is 5.83. The highest BCUT2D eigenvalue weighted by molar-refractivity contribution is 5.92. The summed E-state index contributed by atoms with van der Waals surface area (Å²) in [6, 6.07) is 0.805. The Morgan fingerprint density at radius 2 is 1.92 bits per heavy atom. The Labute approximate surface area is 141 Å². The molecule has 1 saturated heterocycles. The van der Waals surface area contributed by atoms with Gasteiger partial charge < -0.3 is 4.90 Å². The molecule has 0 saturated carbocycles. The van der Waals surface area contributed by atoms with E-state index in [4.69, 9.17) is 0 Å². The van der Waals surface area contributed by atoms with Gasteiger partial charge in [0.15, 0.2) is 5.69 Å². The number of nitrogens with zero attached hydrogens (tertiary/aromatic N) is 7. The molecule has 0 bridgehead atoms. The van der Waals surface area contributed by atoms with Crippen LogP contribution in [-0.4, -0.2) is 73.0 Å². The first-order chi connectivity index (χ1) is 11.8. The molecule has 0 radical (unpaired) electrons. The number of carbonyl (C=O) groups is 1. The lowest BCUT2D eigenvalue weighted by atomic mass is 10.2. The first kappa shape index (κ1) is 17.4. The van der Waals surface area contributed by atoms with Crippen molar-refractivity contribution in [3.8, 4) is 0 Å². The van der Waals surface area contributed by atoms with E-state index in [2.05, 4.69) is 20.1 Å². The molecule has 2 aromatic heterocycles. The number of hydrogen-bond donors (Lipinski definition) is 0. The van der Waals surface area contributed by atoms with Crippen LogP contribution in [0, 0.1) is 0 Å². The predicted molar refractivity (Wildman–Crippen MR) is 80.6 cm³/mol. The van der Waals surface area contributed by atoms with Gasteiger partial charge in [-0.05, 0) is 0 Å². The molecule has 8 nitrogen and oxygen atoms in total. The summed E-state index contributed by atoms with van der Waals surface area (Å²) in [4.78, 5) is 20.1. The van der Waals surface area contributed by atoms with Crippen molar-refractivity contribution in [2.45, 2.75) is 12.7 Å². The van der Waals surface area contributed by atoms with Crippen molar-refractivity contribution >= 4 is 5.91 Å². The lowest BCUT2D eigenvalue weighted by Gasteiger charge is -2.34. The van der Waals surface area contributed by atoms with E-state index in [1.54, 1.807) is 15.9 Å². The highest BCUT2D eigenvalue weighted by Gasteiger charge is 2.36. The molecule has 0 N–H and O–H groups in total. The Kier molecular flexibility index (Phi) is 4.75. The first-order valence-corrected chi connectivity index (χ1v) is 7.80. The molecule has 1 amide bonds. The van der Waals surface area contributed by atoms with Crippen LogP contribution in [0.5, 0.6) is 0 Å². The number of rotatable bonds is 4. The van der Waals surface area contributed by atoms with Crippen LogP contribution in [0.15, 0.2) is 18.7 Å². The van der Waals surface area contributed by atoms with E-state index >= 15 is 0 Å². The minimum absolute atomic E-state index is 0.0524. The summed E-state index contributed by atoms with van der Waals surface area (Å²) < 4.78 is 40.9. The van der Waals surface area contributed by atoms with Crippen molar-refractivity contribution in [3.63, 3.8) is 0 Å². The largest absolute Gasteiger partial charge is 0.435 e. The van der Waals surface area contributed by atoms with Gasteiger partial charge in [-0.3, -0.25) is 19.1 Å². The van der Waals surface area contributed by atoms with Gasteiger partial charge in [0.25, 0.3) is 5.91 Å². The molecular weight excluding hydrogens is 339 g/mol. The van der Waals surface area contributed by atoms with E-state index in [1.165, 1.54) is 13.4 Å². The highest BCUT2D eigenvalue weighted by Crippen LogP contribution is 2.28. The van der Waals surface area contributed by atoms with Crippen LogP contribution in [0.25, 0.3) is 0 Å². The van der Waals surface area contributed by atoms with Gasteiger partial charge in [0.05, 0.1) is 6.54 Å². The molecule has 0 unspecified atom stereocenters. The van der Waals surface area contributed by atoms with Crippen molar-refractivity contribution in [3.05, 3.63) is 30.1 Å². The van der Waals surface area contributed by atoms with Gasteiger partial charge in [0, 0.05) is 45.8 Å². The van der Waals surface area contributed by atoms with Gasteiger partial charge >= 0.3 is 6.18 Å². The number of halogens is 3. The van der Waals surface area contributed by atoms with Crippen LogP contribution in [-0.2, 0) is 19.8 Å². The molecule has 3 heterocycles. The molecular formula is C14H18F3N7O. The number of aromatic nitrogens is 5. The van der Waals surface area contributed by atoms with E-state index < -0.39 is 17.8 Å². The zero-order valence-electron chi connectivity index (χ0n) is 13.6. The quantitative estimate of drug-likeness (QED) is 0.796. The SMILES string of the molecule is Cn1nc(C(F)(F)F)cc1C(=O)N1CCN(CCn2cncn2)CC1. The van der Waals surface area contributed by atoms with Crippen molar-refractivity contribution in [2.75, 3.05) is 32.7 Å². The Hall–Kier alpha value is -2.43. The molecule has 1 aliphatic rings. The summed E-state index contributed by atoms with van der Waals surface area (Å²) in [6.07, 6.45) is -1.45. The third-order valence-electron chi connectivity index (χ3n) is 4.16. The molecule has 11 heteroatoms. The monoisotopic (exact) mass is 357 g/mol. The van der Waals surface area contributed by atoms with Gasteiger partial charge in [0.1, 0.15) is 18.3 Å². The number of carbonyl (C=O) groups excluding carboxylic acids is 1. The fourth-order valence-corrected chi connectivity index (χ4v) is 2.73. The summed E-state index contributed by atoms with van der Waals surface area (Å²) in [5.41, 5.74) is -1.10. The van der Waals surface area contributed by atoms with E-state index in [1.807, 2.05) is 0 Å². The van der Waals surface area contributed by atoms with Gasteiger partial charge in [0.2, 0.25) is 0 Å². The fourth-order valence-electron chi connectivity index (χ4n) is 2.73. The molecule has 0 spiro atoms. The Balaban J connectivity index is 1.55. The summed E-state index contributed by atoms with van der Waals surface area (Å²) in [5, 5.41) is 7.42. The second-order valence-electron chi connectivity index (χ2n) is 5.83. The van der Waals surface area contributed by atoms with E-state index in [0.29, 0.717) is 32.7 Å². The highest BCUT2D eigenvalue weighted by atomic mass is 19.4. The number of alkyl halides is 3. The fraction of sp³-hybridized carbons (Fsp3) is 0.571. The van der Waals surface area contributed by atoms with Crippen LogP contribution >= 0.6 is 0 Å². The average Bonchev–Trinajstić information content (AvgIpc) is 3.22. The minimum atomic E-state index is -4.56. The van der Waals surface area contributed by atoms with Gasteiger partial charge in [-0.1, -0.05) is 0 Å². The Morgan fingerprint density at radius 1 is 1.20 bits per heavy atom. The van der Waals surface area contributed by atoms with Crippen molar-refractivity contribution in [1.82, 2.24) is 34.3 Å². The third-order valence-corrected chi connectivity index (χ3v) is 4.16. The maximum Gasteiger partial charge on any atom is 0.435 e. The van der Waals surface area contributed by atoms with Crippen molar-refractivity contribution < 1.29 is 18.0 Å². The summed E-state index contributed by atoms with van der Waals surface area (Å²) in [5.74, 6) is -0.429. The van der Waals surface area contributed by atoms with Crippen LogP contribution in [0.3, 0.4) is 0 Å². The topological polar surface area (TPSA) is 72.1 Å². The molecule has 0 aromatic carbocycles. The van der Waals surface area contributed by atoms with Gasteiger partial charge in [-0.15, -0.1) is 0 Å². The number of hydrogen-bond acceptors (Lipinski definition) is 5. The van der Waals surface area contributed by atoms with Crippen LogP contribution < -0.4 is 0 Å². The summed E-state index contributed by atoms with van der Waals surface area (Å²) in [7, 11) is 1.34. The predicted octanol–water partition coefficient (Wildman–Crippen LogP) is 0.488. The van der Waals surface area contributed by atoms with E-state index in [9.17, 15) is 18.0 Å². The Morgan fingerprint density at radius 3 is 2.48 bits per heavy atom. The molecule has 3 rings (SSSR count). The van der Waals surface area contributed by atoms with Crippen molar-refractivity contribution in [1.29, 1.82) is 0 Å². The molecule has 1 aliphatic heterocycles. The molecule has 136 valence electrons. The number of piperazine rings is 1. The summed E-state index contributed by atoms with van der Waals surface area (Å²) in [6.45, 7) is 3.71. The molecule has 0 atom stereocenters. The maximum atomic E-state index is 12.7. The third kappa shape index (κ3) is 3.98. The van der Waals surface area contributed by atoms with E-state index in [0.717, 1.165) is 17.3 Å². The first-order valence-electron chi connectivity index (χ1n) is 7.80. The lowest BCUT2D eigenvalue weighted by Crippen LogP contribution is -2.49. The maximum absolute atomic E-state index is 12.7. The molecule has 0 aliphatic carbocycles. The number of aryl methyl sites for hydroxylation is 1. The van der Waals surface area contributed by atoms with Crippen LogP contribution in [0.1, 0.15) is 16.2 Å². The average molecular weight is 357 g/mol. The van der Waals surface area contributed by atoms with Gasteiger partial charge in [-0.2, -0.15) is 23.4 Å². The number of amides is 1. The molecule has 25 heavy (non-hydrogen) atoms. The zero-order valence-corrected chi connectivity index (χ0v) is 13.6. The van der Waals surface area contributed by atoms with Gasteiger partial charge in [-0.25, -0.2) is 4.98 Å². The smallest absolute Gasteiger partial charge is 0.335 e. The molecule has 1 fully saturated rings. The summed E-state index contributed by atoms with van der Waals surface area (Å²) >= 11 is 0. The normalized spacial score (nSPS) is 16.4. The minimum Gasteiger partial charge on any atom is -0.335 e. The van der Waals surface area contributed by atoms with E-state index in [-0.39, 0.29) is 5.69 Å². The van der Waals surface area contributed by atoms with Crippen LogP contribution in [0.2, 0.25) is 0 Å².